The number of hydrogen-bond acceptors (Lipinski definition) is 11. The predicted molar refractivity (Wildman–Crippen MR) is 110 cm³/mol. The second kappa shape index (κ2) is 10.0. The van der Waals surface area contributed by atoms with E-state index in [1.807, 2.05) is 0 Å². The molecule has 1 amide bonds. The Morgan fingerprint density at radius 1 is 0.970 bits per heavy atom. The van der Waals surface area contributed by atoms with Crippen molar-refractivity contribution in [2.45, 2.75) is 30.7 Å². The van der Waals surface area contributed by atoms with Crippen LogP contribution in [0.4, 0.5) is 5.69 Å². The zero-order valence-corrected chi connectivity index (χ0v) is 17.3. The fourth-order valence-corrected chi connectivity index (χ4v) is 3.20. The highest BCUT2D eigenvalue weighted by atomic mass is 16.7. The van der Waals surface area contributed by atoms with Gasteiger partial charge in [0.05, 0.1) is 30.5 Å². The van der Waals surface area contributed by atoms with Crippen LogP contribution in [0.3, 0.4) is 0 Å². The van der Waals surface area contributed by atoms with Crippen LogP contribution in [0.5, 0.6) is 17.2 Å². The van der Waals surface area contributed by atoms with Gasteiger partial charge in [-0.05, 0) is 30.3 Å². The number of methoxy groups -OCH3 is 1. The summed E-state index contributed by atoms with van der Waals surface area (Å²) in [6, 6.07) is 6.99. The first-order valence-electron chi connectivity index (χ1n) is 9.69. The maximum atomic E-state index is 13.0. The van der Waals surface area contributed by atoms with Crippen molar-refractivity contribution in [3.63, 3.8) is 0 Å². The van der Waals surface area contributed by atoms with Gasteiger partial charge in [0.15, 0.2) is 0 Å². The van der Waals surface area contributed by atoms with E-state index in [9.17, 15) is 40.2 Å². The number of carbonyl (C=O) groups is 2. The molecule has 2 aromatic carbocycles. The lowest BCUT2D eigenvalue weighted by molar-refractivity contribution is -0.277. The predicted octanol–water partition coefficient (Wildman–Crippen LogP) is -0.685. The fraction of sp³-hybridized carbons (Fsp3) is 0.333. The maximum absolute atomic E-state index is 13.0. The molecule has 1 heterocycles. The minimum absolute atomic E-state index is 0.0554. The van der Waals surface area contributed by atoms with E-state index < -0.39 is 49.2 Å². The van der Waals surface area contributed by atoms with Crippen molar-refractivity contribution in [1.29, 1.82) is 0 Å². The highest BCUT2D eigenvalue weighted by molar-refractivity contribution is 6.09. The molecule has 0 aliphatic carbocycles. The quantitative estimate of drug-likeness (QED) is 0.267. The Balaban J connectivity index is 1.90. The number of phenols is 2. The zero-order chi connectivity index (χ0) is 24.3. The third kappa shape index (κ3) is 5.16. The average Bonchev–Trinajstić information content (AvgIpc) is 2.80. The molecule has 12 nitrogen and oxygen atoms in total. The standard InChI is InChI=1S/C21H23NO11/c1-31-20(30)11-4-2-10(25)7-13(11)22-19(29)12-6-9(24)3-5-14(12)32-21-18(28)17(27)16(26)15(8-23)33-21/h2-7,15-18,21,23-28H,8H2,1H3,(H,22,29)/t15-,16-,17+,18-,21-/m1/s1. The van der Waals surface area contributed by atoms with Crippen LogP contribution in [0, 0.1) is 0 Å². The molecular weight excluding hydrogens is 442 g/mol. The van der Waals surface area contributed by atoms with Crippen molar-refractivity contribution in [1.82, 2.24) is 0 Å². The van der Waals surface area contributed by atoms with Gasteiger partial charge in [0, 0.05) is 6.07 Å². The van der Waals surface area contributed by atoms with E-state index in [2.05, 4.69) is 10.1 Å². The van der Waals surface area contributed by atoms with Gasteiger partial charge in [0.25, 0.3) is 5.91 Å². The van der Waals surface area contributed by atoms with Crippen molar-refractivity contribution in [3.05, 3.63) is 47.5 Å². The summed E-state index contributed by atoms with van der Waals surface area (Å²) in [6.07, 6.45) is -7.86. The Morgan fingerprint density at radius 3 is 2.30 bits per heavy atom. The number of amides is 1. The van der Waals surface area contributed by atoms with Gasteiger partial charge in [-0.15, -0.1) is 0 Å². The topological polar surface area (TPSA) is 195 Å². The van der Waals surface area contributed by atoms with E-state index in [1.165, 1.54) is 24.3 Å². The van der Waals surface area contributed by atoms with Crippen molar-refractivity contribution in [2.75, 3.05) is 19.0 Å². The molecule has 178 valence electrons. The number of carbonyl (C=O) groups excluding carboxylic acids is 2. The van der Waals surface area contributed by atoms with Crippen LogP contribution in [0.25, 0.3) is 0 Å². The summed E-state index contributed by atoms with van der Waals surface area (Å²) >= 11 is 0. The Labute approximate surface area is 187 Å². The summed E-state index contributed by atoms with van der Waals surface area (Å²) in [6.45, 7) is -0.679. The lowest BCUT2D eigenvalue weighted by atomic mass is 9.99. The van der Waals surface area contributed by atoms with Crippen LogP contribution in [-0.4, -0.2) is 86.9 Å². The van der Waals surface area contributed by atoms with E-state index in [1.54, 1.807) is 0 Å². The zero-order valence-electron chi connectivity index (χ0n) is 17.3. The SMILES string of the molecule is COC(=O)c1ccc(O)cc1NC(=O)c1cc(O)ccc1O[C@@H]1O[C@H](CO)[C@@H](O)[C@H](O)[C@H]1O. The molecular formula is C21H23NO11. The third-order valence-electron chi connectivity index (χ3n) is 4.96. The lowest BCUT2D eigenvalue weighted by Gasteiger charge is -2.39. The van der Waals surface area contributed by atoms with Gasteiger partial charge in [-0.2, -0.15) is 0 Å². The molecule has 5 atom stereocenters. The molecule has 33 heavy (non-hydrogen) atoms. The molecule has 2 aromatic rings. The molecule has 0 spiro atoms. The number of hydrogen-bond donors (Lipinski definition) is 7. The number of aromatic hydroxyl groups is 2. The summed E-state index contributed by atoms with van der Waals surface area (Å²) in [5, 5.41) is 61.3. The first-order valence-corrected chi connectivity index (χ1v) is 9.69. The molecule has 0 aromatic heterocycles. The Bertz CT molecular complexity index is 1030. The van der Waals surface area contributed by atoms with Crippen molar-refractivity contribution in [3.8, 4) is 17.2 Å². The molecule has 0 unspecified atom stereocenters. The number of benzene rings is 2. The number of nitrogens with one attached hydrogen (secondary N) is 1. The molecule has 0 radical (unpaired) electrons. The summed E-state index contributed by atoms with van der Waals surface area (Å²) in [4.78, 5) is 24.9. The summed E-state index contributed by atoms with van der Waals surface area (Å²) in [5.74, 6) is -2.41. The van der Waals surface area contributed by atoms with E-state index in [-0.39, 0.29) is 34.1 Å². The first-order chi connectivity index (χ1) is 15.7. The van der Waals surface area contributed by atoms with Crippen LogP contribution in [-0.2, 0) is 9.47 Å². The molecule has 1 aliphatic heterocycles. The van der Waals surface area contributed by atoms with Crippen molar-refractivity contribution < 1.29 is 54.4 Å². The largest absolute Gasteiger partial charge is 0.508 e. The highest BCUT2D eigenvalue weighted by Crippen LogP contribution is 2.30. The summed E-state index contributed by atoms with van der Waals surface area (Å²) in [5.41, 5.74) is -0.402. The Hall–Kier alpha value is -3.42. The summed E-state index contributed by atoms with van der Waals surface area (Å²) < 4.78 is 15.4. The maximum Gasteiger partial charge on any atom is 0.339 e. The molecule has 12 heteroatoms. The average molecular weight is 465 g/mol. The minimum Gasteiger partial charge on any atom is -0.508 e. The third-order valence-corrected chi connectivity index (χ3v) is 4.96. The van der Waals surface area contributed by atoms with Crippen LogP contribution < -0.4 is 10.1 Å². The van der Waals surface area contributed by atoms with Crippen LogP contribution in [0.2, 0.25) is 0 Å². The van der Waals surface area contributed by atoms with Crippen molar-refractivity contribution in [2.24, 2.45) is 0 Å². The molecule has 0 bridgehead atoms. The number of ether oxygens (including phenoxy) is 3. The molecule has 1 saturated heterocycles. The molecule has 0 saturated carbocycles. The van der Waals surface area contributed by atoms with Gasteiger partial charge >= 0.3 is 5.97 Å². The van der Waals surface area contributed by atoms with E-state index in [0.717, 1.165) is 19.2 Å². The minimum atomic E-state index is -1.73. The first kappa shape index (κ1) is 24.2. The van der Waals surface area contributed by atoms with Crippen LogP contribution in [0.1, 0.15) is 20.7 Å². The monoisotopic (exact) mass is 465 g/mol. The molecule has 1 fully saturated rings. The van der Waals surface area contributed by atoms with E-state index in [4.69, 9.17) is 9.47 Å². The van der Waals surface area contributed by atoms with Gasteiger partial charge in [0.1, 0.15) is 41.7 Å². The second-order valence-corrected chi connectivity index (χ2v) is 7.17. The van der Waals surface area contributed by atoms with Gasteiger partial charge in [-0.25, -0.2) is 4.79 Å². The number of aliphatic hydroxyl groups is 4. The van der Waals surface area contributed by atoms with Crippen molar-refractivity contribution >= 4 is 17.6 Å². The van der Waals surface area contributed by atoms with Gasteiger partial charge in [0.2, 0.25) is 6.29 Å². The Kier molecular flexibility index (Phi) is 7.36. The van der Waals surface area contributed by atoms with Gasteiger partial charge in [-0.1, -0.05) is 0 Å². The molecule has 1 aliphatic rings. The Morgan fingerprint density at radius 2 is 1.64 bits per heavy atom. The number of aliphatic hydroxyl groups excluding tert-OH is 4. The van der Waals surface area contributed by atoms with Crippen LogP contribution >= 0.6 is 0 Å². The number of anilines is 1. The van der Waals surface area contributed by atoms with Gasteiger partial charge in [-0.3, -0.25) is 4.79 Å². The molecule has 3 rings (SSSR count). The number of esters is 1. The van der Waals surface area contributed by atoms with Gasteiger partial charge < -0.3 is 50.2 Å². The second-order valence-electron chi connectivity index (χ2n) is 7.17. The normalized spacial score (nSPS) is 24.7. The molecule has 7 N–H and O–H groups in total. The lowest BCUT2D eigenvalue weighted by Crippen LogP contribution is -2.60. The summed E-state index contributed by atoms with van der Waals surface area (Å²) in [7, 11) is 1.14. The fourth-order valence-electron chi connectivity index (χ4n) is 3.20. The van der Waals surface area contributed by atoms with Crippen LogP contribution in [0.15, 0.2) is 36.4 Å². The number of phenolic OH excluding ortho intramolecular Hbond substituents is 2. The highest BCUT2D eigenvalue weighted by Gasteiger charge is 2.45. The van der Waals surface area contributed by atoms with E-state index in [0.29, 0.717) is 0 Å². The number of rotatable bonds is 6. The smallest absolute Gasteiger partial charge is 0.339 e. The van der Waals surface area contributed by atoms with E-state index >= 15 is 0 Å².